The van der Waals surface area contributed by atoms with Gasteiger partial charge in [0.05, 0.1) is 16.6 Å². The number of pyridine rings is 2. The summed E-state index contributed by atoms with van der Waals surface area (Å²) in [5, 5.41) is 1.42. The van der Waals surface area contributed by atoms with Crippen molar-refractivity contribution < 1.29 is 4.74 Å². The number of aromatic nitrogens is 2. The molecular weight excluding hydrogens is 267 g/mol. The van der Waals surface area contributed by atoms with Crippen molar-refractivity contribution in [1.29, 1.82) is 0 Å². The van der Waals surface area contributed by atoms with E-state index in [-0.39, 0.29) is 0 Å². The van der Waals surface area contributed by atoms with Gasteiger partial charge in [-0.05, 0) is 22.0 Å². The Morgan fingerprint density at radius 3 is 2.93 bits per heavy atom. The quantitative estimate of drug-likeness (QED) is 0.801. The second-order valence-corrected chi connectivity index (χ2v) is 3.88. The molecule has 0 spiro atoms. The van der Waals surface area contributed by atoms with E-state index in [1.54, 1.807) is 19.4 Å². The molecule has 0 aliphatic rings. The maximum Gasteiger partial charge on any atom is 0.215 e. The zero-order chi connectivity index (χ0) is 10.1. The van der Waals surface area contributed by atoms with E-state index in [0.717, 1.165) is 9.86 Å². The van der Waals surface area contributed by atoms with Crippen LogP contribution >= 0.6 is 27.5 Å². The van der Waals surface area contributed by atoms with Gasteiger partial charge in [0.25, 0.3) is 0 Å². The van der Waals surface area contributed by atoms with Gasteiger partial charge in [-0.15, -0.1) is 0 Å². The molecule has 0 bridgehead atoms. The first-order valence-corrected chi connectivity index (χ1v) is 5.04. The van der Waals surface area contributed by atoms with Gasteiger partial charge in [-0.3, -0.25) is 0 Å². The number of hydrogen-bond acceptors (Lipinski definition) is 3. The van der Waals surface area contributed by atoms with Crippen LogP contribution in [0.4, 0.5) is 0 Å². The summed E-state index contributed by atoms with van der Waals surface area (Å²) in [5.41, 5.74) is 0.581. The van der Waals surface area contributed by atoms with Crippen LogP contribution in [0.1, 0.15) is 0 Å². The Hall–Kier alpha value is -0.870. The molecule has 0 N–H and O–H groups in total. The fourth-order valence-corrected chi connectivity index (χ4v) is 1.63. The number of hydrogen-bond donors (Lipinski definition) is 0. The van der Waals surface area contributed by atoms with Crippen molar-refractivity contribution in [2.45, 2.75) is 0 Å². The maximum absolute atomic E-state index is 6.05. The molecule has 0 saturated carbocycles. The van der Waals surface area contributed by atoms with Gasteiger partial charge < -0.3 is 4.74 Å². The smallest absolute Gasteiger partial charge is 0.215 e. The lowest BCUT2D eigenvalue weighted by atomic mass is 10.3. The van der Waals surface area contributed by atoms with E-state index in [1.807, 2.05) is 6.07 Å². The Bertz CT molecular complexity index is 489. The lowest BCUT2D eigenvalue weighted by Crippen LogP contribution is -1.90. The van der Waals surface area contributed by atoms with Crippen LogP contribution < -0.4 is 4.74 Å². The summed E-state index contributed by atoms with van der Waals surface area (Å²) in [6.07, 6.45) is 1.62. The lowest BCUT2D eigenvalue weighted by molar-refractivity contribution is 0.399. The molecule has 0 radical (unpaired) electrons. The molecule has 72 valence electrons. The van der Waals surface area contributed by atoms with Gasteiger partial charge in [0.2, 0.25) is 5.88 Å². The highest BCUT2D eigenvalue weighted by atomic mass is 79.9. The molecule has 0 aliphatic heterocycles. The predicted octanol–water partition coefficient (Wildman–Crippen LogP) is 3.05. The number of methoxy groups -OCH3 is 1. The van der Waals surface area contributed by atoms with Gasteiger partial charge in [0.15, 0.2) is 5.65 Å². The van der Waals surface area contributed by atoms with Gasteiger partial charge in [0.1, 0.15) is 0 Å². The highest BCUT2D eigenvalue weighted by Gasteiger charge is 2.06. The standard InChI is InChI=1S/C9H6BrClN2O/c1-14-7-3-2-5-8(11)6(10)4-12-9(5)13-7/h2-4H,1H3. The van der Waals surface area contributed by atoms with Crippen LogP contribution in [0.5, 0.6) is 5.88 Å². The fourth-order valence-electron chi connectivity index (χ4n) is 1.12. The van der Waals surface area contributed by atoms with Gasteiger partial charge in [-0.1, -0.05) is 11.6 Å². The molecule has 0 aromatic carbocycles. The largest absolute Gasteiger partial charge is 0.481 e. The number of ether oxygens (including phenoxy) is 1. The monoisotopic (exact) mass is 272 g/mol. The van der Waals surface area contributed by atoms with E-state index in [9.17, 15) is 0 Å². The zero-order valence-electron chi connectivity index (χ0n) is 7.29. The minimum Gasteiger partial charge on any atom is -0.481 e. The lowest BCUT2D eigenvalue weighted by Gasteiger charge is -2.03. The van der Waals surface area contributed by atoms with Crippen molar-refractivity contribution in [3.63, 3.8) is 0 Å². The van der Waals surface area contributed by atoms with Crippen molar-refractivity contribution in [1.82, 2.24) is 9.97 Å². The second-order valence-electron chi connectivity index (χ2n) is 2.64. The first kappa shape index (κ1) is 9.68. The molecule has 3 nitrogen and oxygen atoms in total. The summed E-state index contributed by atoms with van der Waals surface area (Å²) in [6.45, 7) is 0. The number of nitrogens with zero attached hydrogens (tertiary/aromatic N) is 2. The van der Waals surface area contributed by atoms with Crippen LogP contribution in [0, 0.1) is 0 Å². The zero-order valence-corrected chi connectivity index (χ0v) is 9.63. The molecule has 0 saturated heterocycles. The van der Waals surface area contributed by atoms with Gasteiger partial charge in [-0.25, -0.2) is 4.98 Å². The first-order valence-electron chi connectivity index (χ1n) is 3.87. The molecule has 0 amide bonds. The highest BCUT2D eigenvalue weighted by Crippen LogP contribution is 2.29. The third kappa shape index (κ3) is 1.55. The first-order chi connectivity index (χ1) is 6.72. The van der Waals surface area contributed by atoms with Crippen LogP contribution in [0.25, 0.3) is 11.0 Å². The Morgan fingerprint density at radius 2 is 2.21 bits per heavy atom. The molecule has 2 aromatic heterocycles. The molecule has 14 heavy (non-hydrogen) atoms. The van der Waals surface area contributed by atoms with Crippen molar-refractivity contribution >= 4 is 38.6 Å². The molecular formula is C9H6BrClN2O. The summed E-state index contributed by atoms with van der Waals surface area (Å²) in [4.78, 5) is 8.28. The van der Waals surface area contributed by atoms with E-state index in [4.69, 9.17) is 16.3 Å². The Labute approximate surface area is 94.2 Å². The molecule has 0 aliphatic carbocycles. The van der Waals surface area contributed by atoms with E-state index in [2.05, 4.69) is 25.9 Å². The summed E-state index contributed by atoms with van der Waals surface area (Å²) in [7, 11) is 1.56. The minimum atomic E-state index is 0.531. The molecule has 0 fully saturated rings. The minimum absolute atomic E-state index is 0.531. The third-order valence-electron chi connectivity index (χ3n) is 1.81. The summed E-state index contributed by atoms with van der Waals surface area (Å²) in [5.74, 6) is 0.531. The van der Waals surface area contributed by atoms with Crippen LogP contribution in [0.2, 0.25) is 5.02 Å². The fraction of sp³-hybridized carbons (Fsp3) is 0.111. The van der Waals surface area contributed by atoms with Gasteiger partial charge >= 0.3 is 0 Å². The van der Waals surface area contributed by atoms with Gasteiger partial charge in [-0.2, -0.15) is 4.98 Å². The highest BCUT2D eigenvalue weighted by molar-refractivity contribution is 9.10. The summed E-state index contributed by atoms with van der Waals surface area (Å²) < 4.78 is 5.75. The van der Waals surface area contributed by atoms with Crippen molar-refractivity contribution in [2.24, 2.45) is 0 Å². The molecule has 0 unspecified atom stereocenters. The normalized spacial score (nSPS) is 10.5. The summed E-state index contributed by atoms with van der Waals surface area (Å²) >= 11 is 9.35. The third-order valence-corrected chi connectivity index (χ3v) is 3.04. The average molecular weight is 274 g/mol. The average Bonchev–Trinajstić information content (AvgIpc) is 2.23. The van der Waals surface area contributed by atoms with E-state index in [0.29, 0.717) is 16.5 Å². The van der Waals surface area contributed by atoms with Crippen LogP contribution in [0.15, 0.2) is 22.8 Å². The van der Waals surface area contributed by atoms with Crippen molar-refractivity contribution in [3.8, 4) is 5.88 Å². The molecule has 5 heteroatoms. The van der Waals surface area contributed by atoms with Crippen LogP contribution in [-0.2, 0) is 0 Å². The van der Waals surface area contributed by atoms with E-state index >= 15 is 0 Å². The molecule has 2 rings (SSSR count). The SMILES string of the molecule is COc1ccc2c(Cl)c(Br)cnc2n1. The predicted molar refractivity (Wildman–Crippen MR) is 58.8 cm³/mol. The topological polar surface area (TPSA) is 35.0 Å². The molecule has 2 heterocycles. The molecule has 0 atom stereocenters. The van der Waals surface area contributed by atoms with Crippen LogP contribution in [-0.4, -0.2) is 17.1 Å². The maximum atomic E-state index is 6.05. The Balaban J connectivity index is 2.74. The second kappa shape index (κ2) is 3.71. The number of fused-ring (bicyclic) bond motifs is 1. The van der Waals surface area contributed by atoms with E-state index < -0.39 is 0 Å². The Morgan fingerprint density at radius 1 is 1.43 bits per heavy atom. The van der Waals surface area contributed by atoms with Crippen LogP contribution in [0.3, 0.4) is 0 Å². The Kier molecular flexibility index (Phi) is 2.56. The summed E-state index contributed by atoms with van der Waals surface area (Å²) in [6, 6.07) is 3.59. The number of halogens is 2. The van der Waals surface area contributed by atoms with E-state index in [1.165, 1.54) is 0 Å². The molecule has 2 aromatic rings. The van der Waals surface area contributed by atoms with Gasteiger partial charge in [0, 0.05) is 17.6 Å². The van der Waals surface area contributed by atoms with Crippen molar-refractivity contribution in [3.05, 3.63) is 27.8 Å². The number of rotatable bonds is 1. The van der Waals surface area contributed by atoms with Crippen molar-refractivity contribution in [2.75, 3.05) is 7.11 Å².